The van der Waals surface area contributed by atoms with Crippen LogP contribution in [0.4, 0.5) is 0 Å². The lowest BCUT2D eigenvalue weighted by Gasteiger charge is -2.12. The van der Waals surface area contributed by atoms with Crippen LogP contribution < -0.4 is 4.74 Å². The topological polar surface area (TPSA) is 36.3 Å². The molecule has 5 heteroatoms. The largest absolute Gasteiger partial charge is 0.497 e. The van der Waals surface area contributed by atoms with Crippen molar-refractivity contribution in [2.75, 3.05) is 19.6 Å². The van der Waals surface area contributed by atoms with Gasteiger partial charge in [-0.2, -0.15) is 0 Å². The van der Waals surface area contributed by atoms with Crippen LogP contribution in [-0.2, 0) is 17.7 Å². The average Bonchev–Trinajstić information content (AvgIpc) is 3.12. The molecular formula is C16H21ClN2O2. The van der Waals surface area contributed by atoms with Crippen LogP contribution >= 0.6 is 11.6 Å². The molecule has 1 fully saturated rings. The monoisotopic (exact) mass is 308 g/mol. The quantitative estimate of drug-likeness (QED) is 0.767. The Hall–Kier alpha value is -1.26. The fourth-order valence-electron chi connectivity index (χ4n) is 2.96. The SMILES string of the molecule is COc1ccc2c(c1)nc(CCCl)n2CCC1CCCO1. The molecule has 21 heavy (non-hydrogen) atoms. The van der Waals surface area contributed by atoms with Gasteiger partial charge in [-0.15, -0.1) is 11.6 Å². The number of alkyl halides is 1. The van der Waals surface area contributed by atoms with Crippen molar-refractivity contribution in [3.63, 3.8) is 0 Å². The van der Waals surface area contributed by atoms with Crippen molar-refractivity contribution in [1.82, 2.24) is 9.55 Å². The van der Waals surface area contributed by atoms with Crippen LogP contribution in [0.3, 0.4) is 0 Å². The van der Waals surface area contributed by atoms with Crippen molar-refractivity contribution in [2.24, 2.45) is 0 Å². The number of imidazole rings is 1. The van der Waals surface area contributed by atoms with Gasteiger partial charge in [-0.3, -0.25) is 0 Å². The molecule has 1 aliphatic rings. The first-order valence-corrected chi connectivity index (χ1v) is 8.06. The lowest BCUT2D eigenvalue weighted by Crippen LogP contribution is -2.12. The van der Waals surface area contributed by atoms with Gasteiger partial charge in [-0.05, 0) is 31.4 Å². The first kappa shape index (κ1) is 14.7. The molecule has 0 spiro atoms. The Morgan fingerprint density at radius 2 is 2.38 bits per heavy atom. The van der Waals surface area contributed by atoms with E-state index < -0.39 is 0 Å². The highest BCUT2D eigenvalue weighted by atomic mass is 35.5. The van der Waals surface area contributed by atoms with E-state index in [9.17, 15) is 0 Å². The summed E-state index contributed by atoms with van der Waals surface area (Å²) < 4.78 is 13.3. The summed E-state index contributed by atoms with van der Waals surface area (Å²) in [6, 6.07) is 6.04. The summed E-state index contributed by atoms with van der Waals surface area (Å²) in [4.78, 5) is 4.71. The van der Waals surface area contributed by atoms with Crippen molar-refractivity contribution < 1.29 is 9.47 Å². The number of ether oxygens (including phenoxy) is 2. The number of fused-ring (bicyclic) bond motifs is 1. The fourth-order valence-corrected chi connectivity index (χ4v) is 3.13. The van der Waals surface area contributed by atoms with Crippen LogP contribution in [0.25, 0.3) is 11.0 Å². The van der Waals surface area contributed by atoms with Gasteiger partial charge < -0.3 is 14.0 Å². The lowest BCUT2D eigenvalue weighted by molar-refractivity contribution is 0.100. The summed E-state index contributed by atoms with van der Waals surface area (Å²) in [7, 11) is 1.68. The predicted molar refractivity (Wildman–Crippen MR) is 84.3 cm³/mol. The van der Waals surface area contributed by atoms with Crippen LogP contribution in [-0.4, -0.2) is 35.3 Å². The number of methoxy groups -OCH3 is 1. The maximum atomic E-state index is 5.92. The molecule has 114 valence electrons. The van der Waals surface area contributed by atoms with E-state index in [2.05, 4.69) is 10.6 Å². The molecule has 4 nitrogen and oxygen atoms in total. The third-order valence-electron chi connectivity index (χ3n) is 4.05. The molecule has 2 aromatic rings. The molecule has 0 saturated carbocycles. The number of aromatic nitrogens is 2. The van der Waals surface area contributed by atoms with Gasteiger partial charge in [0.05, 0.1) is 24.2 Å². The molecule has 1 aliphatic heterocycles. The number of halogens is 1. The lowest BCUT2D eigenvalue weighted by atomic mass is 10.2. The first-order valence-electron chi connectivity index (χ1n) is 7.52. The van der Waals surface area contributed by atoms with E-state index in [1.54, 1.807) is 7.11 Å². The maximum Gasteiger partial charge on any atom is 0.121 e. The number of hydrogen-bond acceptors (Lipinski definition) is 3. The molecule has 1 unspecified atom stereocenters. The second kappa shape index (κ2) is 6.67. The smallest absolute Gasteiger partial charge is 0.121 e. The first-order chi connectivity index (χ1) is 10.3. The van der Waals surface area contributed by atoms with Crippen molar-refractivity contribution in [2.45, 2.75) is 38.3 Å². The number of benzene rings is 1. The van der Waals surface area contributed by atoms with E-state index in [4.69, 9.17) is 26.1 Å². The molecule has 1 aromatic carbocycles. The number of aryl methyl sites for hydroxylation is 2. The summed E-state index contributed by atoms with van der Waals surface area (Å²) in [5, 5.41) is 0. The van der Waals surface area contributed by atoms with Crippen LogP contribution in [0, 0.1) is 0 Å². The van der Waals surface area contributed by atoms with Crippen molar-refractivity contribution in [3.05, 3.63) is 24.0 Å². The van der Waals surface area contributed by atoms with E-state index in [0.29, 0.717) is 12.0 Å². The number of rotatable bonds is 6. The molecule has 2 heterocycles. The van der Waals surface area contributed by atoms with Crippen LogP contribution in [0.5, 0.6) is 5.75 Å². The zero-order valence-electron chi connectivity index (χ0n) is 12.3. The van der Waals surface area contributed by atoms with Gasteiger partial charge in [-0.25, -0.2) is 4.98 Å². The molecule has 0 radical (unpaired) electrons. The summed E-state index contributed by atoms with van der Waals surface area (Å²) in [6.45, 7) is 1.83. The third kappa shape index (κ3) is 3.16. The Morgan fingerprint density at radius 3 is 3.10 bits per heavy atom. The van der Waals surface area contributed by atoms with E-state index in [1.165, 1.54) is 12.8 Å². The maximum absolute atomic E-state index is 5.92. The Morgan fingerprint density at radius 1 is 1.48 bits per heavy atom. The molecular weight excluding hydrogens is 288 g/mol. The van der Waals surface area contributed by atoms with Gasteiger partial charge in [0, 0.05) is 31.5 Å². The van der Waals surface area contributed by atoms with Crippen molar-refractivity contribution >= 4 is 22.6 Å². The molecule has 0 N–H and O–H groups in total. The molecule has 1 saturated heterocycles. The molecule has 0 aliphatic carbocycles. The second-order valence-corrected chi connectivity index (χ2v) is 5.77. The Kier molecular flexibility index (Phi) is 4.66. The van der Waals surface area contributed by atoms with Gasteiger partial charge in [0.15, 0.2) is 0 Å². The van der Waals surface area contributed by atoms with Gasteiger partial charge in [0.2, 0.25) is 0 Å². The number of hydrogen-bond donors (Lipinski definition) is 0. The van der Waals surface area contributed by atoms with Crippen LogP contribution in [0.1, 0.15) is 25.1 Å². The Labute approximate surface area is 130 Å². The average molecular weight is 309 g/mol. The predicted octanol–water partition coefficient (Wildman–Crippen LogP) is 3.40. The molecule has 1 atom stereocenters. The second-order valence-electron chi connectivity index (χ2n) is 5.40. The van der Waals surface area contributed by atoms with Gasteiger partial charge in [0.1, 0.15) is 11.6 Å². The van der Waals surface area contributed by atoms with Crippen molar-refractivity contribution in [3.8, 4) is 5.75 Å². The van der Waals surface area contributed by atoms with Gasteiger partial charge >= 0.3 is 0 Å². The minimum absolute atomic E-state index is 0.393. The highest BCUT2D eigenvalue weighted by Gasteiger charge is 2.17. The summed E-state index contributed by atoms with van der Waals surface area (Å²) in [5.74, 6) is 2.47. The van der Waals surface area contributed by atoms with E-state index in [-0.39, 0.29) is 0 Å². The molecule has 3 rings (SSSR count). The third-order valence-corrected chi connectivity index (χ3v) is 4.24. The van der Waals surface area contributed by atoms with E-state index in [1.807, 2.05) is 12.1 Å². The summed E-state index contributed by atoms with van der Waals surface area (Å²) >= 11 is 5.92. The van der Waals surface area contributed by atoms with Crippen LogP contribution in [0.15, 0.2) is 18.2 Å². The molecule has 1 aromatic heterocycles. The Balaban J connectivity index is 1.87. The zero-order valence-corrected chi connectivity index (χ0v) is 13.1. The summed E-state index contributed by atoms with van der Waals surface area (Å²) in [6.07, 6.45) is 4.56. The highest BCUT2D eigenvalue weighted by molar-refractivity contribution is 6.17. The summed E-state index contributed by atoms with van der Waals surface area (Å²) in [5.41, 5.74) is 2.12. The fraction of sp³-hybridized carbons (Fsp3) is 0.562. The van der Waals surface area contributed by atoms with Gasteiger partial charge in [0.25, 0.3) is 0 Å². The number of nitrogens with zero attached hydrogens (tertiary/aromatic N) is 2. The van der Waals surface area contributed by atoms with E-state index in [0.717, 1.165) is 48.6 Å². The normalized spacial score (nSPS) is 18.5. The van der Waals surface area contributed by atoms with Crippen molar-refractivity contribution in [1.29, 1.82) is 0 Å². The minimum atomic E-state index is 0.393. The standard InChI is InChI=1S/C16H21ClN2O2/c1-20-13-4-5-15-14(11-13)18-16(6-8-17)19(15)9-7-12-3-2-10-21-12/h4-5,11-12H,2-3,6-10H2,1H3. The highest BCUT2D eigenvalue weighted by Crippen LogP contribution is 2.24. The molecule has 0 bridgehead atoms. The van der Waals surface area contributed by atoms with Crippen LogP contribution in [0.2, 0.25) is 0 Å². The van der Waals surface area contributed by atoms with Gasteiger partial charge in [-0.1, -0.05) is 0 Å². The Bertz CT molecular complexity index is 606. The van der Waals surface area contributed by atoms with E-state index >= 15 is 0 Å². The zero-order chi connectivity index (χ0) is 14.7. The minimum Gasteiger partial charge on any atom is -0.497 e. The molecule has 0 amide bonds.